The third-order valence-electron chi connectivity index (χ3n) is 9.14. The van der Waals surface area contributed by atoms with E-state index in [9.17, 15) is 5.11 Å². The lowest BCUT2D eigenvalue weighted by molar-refractivity contribution is -0.215. The Balaban J connectivity index is 1.73. The topological polar surface area (TPSA) is 38.7 Å². The third-order valence-corrected chi connectivity index (χ3v) is 9.14. The maximum Gasteiger partial charge on any atom is 0.0869 e. The standard InChI is InChI=1S/C22H38O3/c1-13-5-6-15-11-14(13)7-8-17-19(15)21(25-4)20(24-3)18-12-16(23)9-10-22(17,18)2/h13-21,23H,5-12H2,1-4H3/t13?,14-,15-,16+,17?,18?,19?,20-,21-,22-/m1/s1. The molecule has 10 atom stereocenters. The van der Waals surface area contributed by atoms with Gasteiger partial charge in [0.1, 0.15) is 0 Å². The second kappa shape index (κ2) is 6.80. The highest BCUT2D eigenvalue weighted by atomic mass is 16.5. The van der Waals surface area contributed by atoms with Gasteiger partial charge in [-0.1, -0.05) is 20.3 Å². The van der Waals surface area contributed by atoms with Crippen molar-refractivity contribution in [2.75, 3.05) is 14.2 Å². The summed E-state index contributed by atoms with van der Waals surface area (Å²) < 4.78 is 12.3. The van der Waals surface area contributed by atoms with E-state index in [0.29, 0.717) is 17.3 Å². The van der Waals surface area contributed by atoms with Gasteiger partial charge in [-0.15, -0.1) is 0 Å². The Labute approximate surface area is 153 Å². The van der Waals surface area contributed by atoms with Crippen LogP contribution in [0.3, 0.4) is 0 Å². The molecular weight excluding hydrogens is 312 g/mol. The molecule has 25 heavy (non-hydrogen) atoms. The zero-order valence-electron chi connectivity index (χ0n) is 16.6. The Kier molecular flexibility index (Phi) is 4.96. The lowest BCUT2D eigenvalue weighted by Gasteiger charge is -2.60. The minimum atomic E-state index is -0.158. The van der Waals surface area contributed by atoms with Gasteiger partial charge in [0.15, 0.2) is 0 Å². The average molecular weight is 351 g/mol. The minimum Gasteiger partial charge on any atom is -0.393 e. The van der Waals surface area contributed by atoms with Crippen molar-refractivity contribution in [3.05, 3.63) is 0 Å². The molecule has 2 bridgehead atoms. The number of fused-ring (bicyclic) bond motifs is 6. The van der Waals surface area contributed by atoms with Crippen LogP contribution in [0.2, 0.25) is 0 Å². The van der Waals surface area contributed by atoms with Crippen molar-refractivity contribution in [1.29, 1.82) is 0 Å². The first-order valence-corrected chi connectivity index (χ1v) is 10.7. The number of aliphatic hydroxyl groups excluding tert-OH is 1. The lowest BCUT2D eigenvalue weighted by atomic mass is 9.48. The zero-order chi connectivity index (χ0) is 17.8. The van der Waals surface area contributed by atoms with Gasteiger partial charge in [-0.2, -0.15) is 0 Å². The van der Waals surface area contributed by atoms with Gasteiger partial charge in [-0.3, -0.25) is 0 Å². The summed E-state index contributed by atoms with van der Waals surface area (Å²) in [6.07, 6.45) is 10.1. The highest BCUT2D eigenvalue weighted by Crippen LogP contribution is 2.62. The van der Waals surface area contributed by atoms with E-state index in [1.54, 1.807) is 0 Å². The molecule has 0 aromatic rings. The van der Waals surface area contributed by atoms with Crippen molar-refractivity contribution in [1.82, 2.24) is 0 Å². The summed E-state index contributed by atoms with van der Waals surface area (Å²) in [5.74, 6) is 4.43. The van der Waals surface area contributed by atoms with Gasteiger partial charge in [-0.05, 0) is 85.9 Å². The number of ether oxygens (including phenoxy) is 2. The van der Waals surface area contributed by atoms with E-state index < -0.39 is 0 Å². The summed E-state index contributed by atoms with van der Waals surface area (Å²) in [6.45, 7) is 5.00. The van der Waals surface area contributed by atoms with E-state index >= 15 is 0 Å². The molecule has 4 fully saturated rings. The van der Waals surface area contributed by atoms with E-state index in [1.165, 1.54) is 32.1 Å². The van der Waals surface area contributed by atoms with Crippen LogP contribution in [-0.2, 0) is 9.47 Å². The predicted molar refractivity (Wildman–Crippen MR) is 99.3 cm³/mol. The monoisotopic (exact) mass is 350 g/mol. The fraction of sp³-hybridized carbons (Fsp3) is 1.00. The molecule has 3 heteroatoms. The normalized spacial score (nSPS) is 55.8. The molecule has 0 spiro atoms. The first-order valence-electron chi connectivity index (χ1n) is 10.7. The number of methoxy groups -OCH3 is 2. The molecule has 0 aromatic carbocycles. The number of rotatable bonds is 2. The minimum absolute atomic E-state index is 0.141. The molecule has 144 valence electrons. The Bertz CT molecular complexity index is 480. The number of hydrogen-bond acceptors (Lipinski definition) is 3. The number of aliphatic hydroxyl groups is 1. The molecule has 0 heterocycles. The number of hydrogen-bond donors (Lipinski definition) is 1. The van der Waals surface area contributed by atoms with Crippen LogP contribution in [0.25, 0.3) is 0 Å². The van der Waals surface area contributed by atoms with Crippen molar-refractivity contribution >= 4 is 0 Å². The van der Waals surface area contributed by atoms with Crippen molar-refractivity contribution < 1.29 is 14.6 Å². The second-order valence-corrected chi connectivity index (χ2v) is 10.0. The predicted octanol–water partition coefficient (Wildman–Crippen LogP) is 4.28. The SMILES string of the molecule is CO[C@@H]1C2C(CC[C@@H]3C[C@H]2CCC3C)[C@@]2(C)CC[C@H](O)CC2[C@H]1OC. The van der Waals surface area contributed by atoms with Gasteiger partial charge in [-0.25, -0.2) is 0 Å². The Hall–Kier alpha value is -0.120. The first kappa shape index (κ1) is 18.3. The van der Waals surface area contributed by atoms with Gasteiger partial charge in [0.25, 0.3) is 0 Å². The highest BCUT2D eigenvalue weighted by molar-refractivity contribution is 5.10. The molecule has 0 aliphatic heterocycles. The zero-order valence-corrected chi connectivity index (χ0v) is 16.6. The maximum absolute atomic E-state index is 10.4. The van der Waals surface area contributed by atoms with Gasteiger partial charge in [0, 0.05) is 14.2 Å². The van der Waals surface area contributed by atoms with Crippen molar-refractivity contribution in [3.63, 3.8) is 0 Å². The van der Waals surface area contributed by atoms with Crippen LogP contribution in [0.1, 0.15) is 65.2 Å². The van der Waals surface area contributed by atoms with Crippen LogP contribution in [0.5, 0.6) is 0 Å². The van der Waals surface area contributed by atoms with E-state index in [2.05, 4.69) is 13.8 Å². The summed E-state index contributed by atoms with van der Waals surface area (Å²) in [5.41, 5.74) is 0.306. The van der Waals surface area contributed by atoms with Crippen molar-refractivity contribution in [3.8, 4) is 0 Å². The van der Waals surface area contributed by atoms with Gasteiger partial charge >= 0.3 is 0 Å². The van der Waals surface area contributed by atoms with E-state index in [1.807, 2.05) is 14.2 Å². The van der Waals surface area contributed by atoms with Crippen LogP contribution in [0.4, 0.5) is 0 Å². The molecule has 0 amide bonds. The summed E-state index contributed by atoms with van der Waals surface area (Å²) in [7, 11) is 3.75. The van der Waals surface area contributed by atoms with E-state index in [4.69, 9.17) is 9.47 Å². The average Bonchev–Trinajstić information content (AvgIpc) is 2.76. The van der Waals surface area contributed by atoms with Crippen LogP contribution < -0.4 is 0 Å². The van der Waals surface area contributed by atoms with Crippen LogP contribution >= 0.6 is 0 Å². The van der Waals surface area contributed by atoms with Crippen LogP contribution in [-0.4, -0.2) is 37.6 Å². The largest absolute Gasteiger partial charge is 0.393 e. The molecule has 3 nitrogen and oxygen atoms in total. The van der Waals surface area contributed by atoms with Crippen molar-refractivity contribution in [2.45, 2.75) is 83.5 Å². The summed E-state index contributed by atoms with van der Waals surface area (Å²) >= 11 is 0. The summed E-state index contributed by atoms with van der Waals surface area (Å²) in [5, 5.41) is 10.4. The summed E-state index contributed by atoms with van der Waals surface area (Å²) in [6, 6.07) is 0. The molecule has 4 unspecified atom stereocenters. The maximum atomic E-state index is 10.4. The molecule has 4 aliphatic carbocycles. The fourth-order valence-electron chi connectivity index (χ4n) is 7.74. The molecule has 4 saturated carbocycles. The highest BCUT2D eigenvalue weighted by Gasteiger charge is 2.61. The molecule has 1 N–H and O–H groups in total. The first-order chi connectivity index (χ1) is 12.0. The molecule has 0 aromatic heterocycles. The molecule has 4 rings (SSSR count). The van der Waals surface area contributed by atoms with Gasteiger partial charge in [0.2, 0.25) is 0 Å². The van der Waals surface area contributed by atoms with Crippen LogP contribution in [0, 0.1) is 40.9 Å². The van der Waals surface area contributed by atoms with Gasteiger partial charge < -0.3 is 14.6 Å². The Morgan fingerprint density at radius 3 is 2.28 bits per heavy atom. The quantitative estimate of drug-likeness (QED) is 0.808. The van der Waals surface area contributed by atoms with E-state index in [-0.39, 0.29) is 18.3 Å². The Morgan fingerprint density at radius 2 is 1.56 bits per heavy atom. The Morgan fingerprint density at radius 1 is 0.840 bits per heavy atom. The second-order valence-electron chi connectivity index (χ2n) is 10.0. The smallest absolute Gasteiger partial charge is 0.0869 e. The molecule has 0 saturated heterocycles. The van der Waals surface area contributed by atoms with Crippen molar-refractivity contribution in [2.24, 2.45) is 40.9 Å². The molecular formula is C22H38O3. The fourth-order valence-corrected chi connectivity index (χ4v) is 7.74. The molecule has 4 aliphatic rings. The summed E-state index contributed by atoms with van der Waals surface area (Å²) in [4.78, 5) is 0. The van der Waals surface area contributed by atoms with Gasteiger partial charge in [0.05, 0.1) is 18.3 Å². The third kappa shape index (κ3) is 2.80. The molecule has 0 radical (unpaired) electrons. The van der Waals surface area contributed by atoms with E-state index in [0.717, 1.165) is 42.9 Å². The van der Waals surface area contributed by atoms with Crippen LogP contribution in [0.15, 0.2) is 0 Å². The lowest BCUT2D eigenvalue weighted by Crippen LogP contribution is -2.62.